The van der Waals surface area contributed by atoms with E-state index >= 15 is 0 Å². The lowest BCUT2D eigenvalue weighted by Gasteiger charge is -2.07. The quantitative estimate of drug-likeness (QED) is 0.474. The zero-order valence-corrected chi connectivity index (χ0v) is 6.12. The molecule has 11 heavy (non-hydrogen) atoms. The van der Waals surface area contributed by atoms with E-state index in [0.29, 0.717) is 13.0 Å². The average molecular weight is 160 g/mol. The first-order valence-electron chi connectivity index (χ1n) is 3.52. The largest absolute Gasteiger partial charge is 0.445 e. The molecule has 2 atom stereocenters. The maximum Gasteiger partial charge on any atom is 0.404 e. The maximum absolute atomic E-state index is 10.3. The van der Waals surface area contributed by atoms with Crippen LogP contribution in [-0.4, -0.2) is 36.5 Å². The highest BCUT2D eigenvalue weighted by Gasteiger charge is 2.25. The second-order valence-corrected chi connectivity index (χ2v) is 2.58. The van der Waals surface area contributed by atoms with E-state index in [1.54, 1.807) is 0 Å². The molecule has 64 valence electrons. The molecule has 0 radical (unpaired) electrons. The number of hydrogen-bond donors (Lipinski definition) is 3. The van der Waals surface area contributed by atoms with Crippen LogP contribution in [0.15, 0.2) is 0 Å². The number of amides is 1. The summed E-state index contributed by atoms with van der Waals surface area (Å²) in [5.74, 6) is 0. The molecule has 0 aliphatic carbocycles. The van der Waals surface area contributed by atoms with E-state index in [4.69, 9.17) is 15.6 Å². The van der Waals surface area contributed by atoms with Crippen LogP contribution in [0.5, 0.6) is 0 Å². The number of aliphatic hydroxyl groups excluding tert-OH is 1. The number of carbonyl (C=O) groups excluding carboxylic acids is 1. The third-order valence-electron chi connectivity index (χ3n) is 1.68. The van der Waals surface area contributed by atoms with Crippen molar-refractivity contribution >= 4 is 6.09 Å². The molecule has 1 amide bonds. The van der Waals surface area contributed by atoms with E-state index in [-0.39, 0.29) is 18.8 Å². The predicted molar refractivity (Wildman–Crippen MR) is 37.9 cm³/mol. The summed E-state index contributed by atoms with van der Waals surface area (Å²) < 4.78 is 4.71. The number of primary amides is 1. The molecular formula is C6H12N2O3. The molecule has 0 spiro atoms. The van der Waals surface area contributed by atoms with Gasteiger partial charge < -0.3 is 20.9 Å². The molecule has 1 heterocycles. The van der Waals surface area contributed by atoms with Crippen molar-refractivity contribution in [1.29, 1.82) is 0 Å². The Balaban J connectivity index is 2.24. The summed E-state index contributed by atoms with van der Waals surface area (Å²) in [7, 11) is 0. The van der Waals surface area contributed by atoms with E-state index < -0.39 is 6.09 Å². The van der Waals surface area contributed by atoms with Crippen LogP contribution in [0.4, 0.5) is 4.79 Å². The normalized spacial score (nSPS) is 30.3. The van der Waals surface area contributed by atoms with Gasteiger partial charge in [-0.05, 0) is 0 Å². The lowest BCUT2D eigenvalue weighted by molar-refractivity contribution is 0.113. The van der Waals surface area contributed by atoms with Crippen LogP contribution in [0.25, 0.3) is 0 Å². The van der Waals surface area contributed by atoms with Crippen molar-refractivity contribution < 1.29 is 14.6 Å². The van der Waals surface area contributed by atoms with Gasteiger partial charge in [-0.3, -0.25) is 0 Å². The Morgan fingerprint density at radius 1 is 1.82 bits per heavy atom. The topological polar surface area (TPSA) is 84.6 Å². The summed E-state index contributed by atoms with van der Waals surface area (Å²) in [6.45, 7) is 0.646. The Morgan fingerprint density at radius 3 is 3.00 bits per heavy atom. The molecule has 1 rings (SSSR count). The third-order valence-corrected chi connectivity index (χ3v) is 1.68. The first-order valence-corrected chi connectivity index (χ1v) is 3.52. The van der Waals surface area contributed by atoms with Gasteiger partial charge in [-0.15, -0.1) is 0 Å². The summed E-state index contributed by atoms with van der Waals surface area (Å²) in [4.78, 5) is 10.3. The number of rotatable bonds is 2. The fraction of sp³-hybridized carbons (Fsp3) is 0.833. The fourth-order valence-electron chi connectivity index (χ4n) is 1.18. The molecule has 1 fully saturated rings. The molecule has 0 saturated carbocycles. The monoisotopic (exact) mass is 160 g/mol. The van der Waals surface area contributed by atoms with Crippen molar-refractivity contribution in [1.82, 2.24) is 5.32 Å². The Kier molecular flexibility index (Phi) is 2.67. The van der Waals surface area contributed by atoms with E-state index in [0.717, 1.165) is 0 Å². The van der Waals surface area contributed by atoms with Crippen LogP contribution in [0.2, 0.25) is 0 Å². The van der Waals surface area contributed by atoms with Crippen LogP contribution in [0.3, 0.4) is 0 Å². The predicted octanol–water partition coefficient (Wildman–Crippen LogP) is -1.20. The molecule has 4 N–H and O–H groups in total. The molecule has 0 aromatic heterocycles. The number of aliphatic hydroxyl groups is 1. The second kappa shape index (κ2) is 3.54. The third kappa shape index (κ3) is 2.36. The zero-order valence-electron chi connectivity index (χ0n) is 6.12. The van der Waals surface area contributed by atoms with Crippen molar-refractivity contribution in [2.24, 2.45) is 5.73 Å². The SMILES string of the molecule is NC(=O)OC1CNC(CO)C1. The number of hydrogen-bond acceptors (Lipinski definition) is 4. The number of ether oxygens (including phenoxy) is 1. The van der Waals surface area contributed by atoms with Crippen molar-refractivity contribution in [3.05, 3.63) is 0 Å². The number of nitrogens with one attached hydrogen (secondary N) is 1. The van der Waals surface area contributed by atoms with Gasteiger partial charge in [-0.25, -0.2) is 4.79 Å². The van der Waals surface area contributed by atoms with Gasteiger partial charge in [0.1, 0.15) is 6.10 Å². The summed E-state index contributed by atoms with van der Waals surface area (Å²) >= 11 is 0. The van der Waals surface area contributed by atoms with E-state index in [9.17, 15) is 4.79 Å². The van der Waals surface area contributed by atoms with Gasteiger partial charge in [-0.2, -0.15) is 0 Å². The fourth-order valence-corrected chi connectivity index (χ4v) is 1.18. The molecule has 0 aromatic carbocycles. The highest BCUT2D eigenvalue weighted by molar-refractivity contribution is 5.64. The lowest BCUT2D eigenvalue weighted by atomic mass is 10.2. The Bertz CT molecular complexity index is 151. The lowest BCUT2D eigenvalue weighted by Crippen LogP contribution is -2.25. The van der Waals surface area contributed by atoms with Crippen molar-refractivity contribution in [3.63, 3.8) is 0 Å². The summed E-state index contributed by atoms with van der Waals surface area (Å²) in [6, 6.07) is 0.0411. The first-order chi connectivity index (χ1) is 5.22. The highest BCUT2D eigenvalue weighted by Crippen LogP contribution is 2.09. The molecule has 0 aromatic rings. The van der Waals surface area contributed by atoms with E-state index in [1.165, 1.54) is 0 Å². The number of carbonyl (C=O) groups is 1. The van der Waals surface area contributed by atoms with E-state index in [1.807, 2.05) is 0 Å². The van der Waals surface area contributed by atoms with Crippen molar-refractivity contribution in [2.75, 3.05) is 13.2 Å². The smallest absolute Gasteiger partial charge is 0.404 e. The summed E-state index contributed by atoms with van der Waals surface area (Å²) in [6.07, 6.45) is -0.292. The minimum Gasteiger partial charge on any atom is -0.445 e. The zero-order chi connectivity index (χ0) is 8.27. The molecule has 5 nitrogen and oxygen atoms in total. The second-order valence-electron chi connectivity index (χ2n) is 2.58. The van der Waals surface area contributed by atoms with Gasteiger partial charge in [0.15, 0.2) is 0 Å². The summed E-state index contributed by atoms with van der Waals surface area (Å²) in [5.41, 5.74) is 4.81. The van der Waals surface area contributed by atoms with Gasteiger partial charge in [0.05, 0.1) is 6.61 Å². The van der Waals surface area contributed by atoms with Crippen molar-refractivity contribution in [2.45, 2.75) is 18.6 Å². The molecule has 1 saturated heterocycles. The average Bonchev–Trinajstić information content (AvgIpc) is 2.34. The Hall–Kier alpha value is -0.810. The molecule has 1 aliphatic heterocycles. The highest BCUT2D eigenvalue weighted by atomic mass is 16.6. The number of nitrogens with two attached hydrogens (primary N) is 1. The van der Waals surface area contributed by atoms with Gasteiger partial charge in [0.25, 0.3) is 0 Å². The maximum atomic E-state index is 10.3. The van der Waals surface area contributed by atoms with Gasteiger partial charge >= 0.3 is 6.09 Å². The summed E-state index contributed by atoms with van der Waals surface area (Å²) in [5, 5.41) is 11.7. The van der Waals surface area contributed by atoms with Crippen LogP contribution in [0, 0.1) is 0 Å². The molecule has 2 unspecified atom stereocenters. The van der Waals surface area contributed by atoms with Crippen LogP contribution >= 0.6 is 0 Å². The Labute approximate surface area is 64.5 Å². The van der Waals surface area contributed by atoms with Crippen LogP contribution < -0.4 is 11.1 Å². The van der Waals surface area contributed by atoms with Crippen molar-refractivity contribution in [3.8, 4) is 0 Å². The van der Waals surface area contributed by atoms with Gasteiger partial charge in [0, 0.05) is 19.0 Å². The molecular weight excluding hydrogens is 148 g/mol. The van der Waals surface area contributed by atoms with Crippen LogP contribution in [-0.2, 0) is 4.74 Å². The minimum atomic E-state index is -0.754. The Morgan fingerprint density at radius 2 is 2.55 bits per heavy atom. The van der Waals surface area contributed by atoms with Gasteiger partial charge in [0.2, 0.25) is 0 Å². The first kappa shape index (κ1) is 8.29. The van der Waals surface area contributed by atoms with Crippen LogP contribution in [0.1, 0.15) is 6.42 Å². The minimum absolute atomic E-state index is 0.0411. The van der Waals surface area contributed by atoms with Gasteiger partial charge in [-0.1, -0.05) is 0 Å². The molecule has 1 aliphatic rings. The standard InChI is InChI=1S/C6H12N2O3/c7-6(10)11-5-1-4(3-9)8-2-5/h4-5,8-9H,1-3H2,(H2,7,10). The van der Waals surface area contributed by atoms with E-state index in [2.05, 4.69) is 5.32 Å². The molecule has 5 heteroatoms. The molecule has 0 bridgehead atoms.